The van der Waals surface area contributed by atoms with Gasteiger partial charge in [-0.1, -0.05) is 29.3 Å². The van der Waals surface area contributed by atoms with Crippen LogP contribution in [0.2, 0.25) is 10.0 Å². The van der Waals surface area contributed by atoms with Gasteiger partial charge in [-0.25, -0.2) is 0 Å². The van der Waals surface area contributed by atoms with Gasteiger partial charge in [0, 0.05) is 22.3 Å². The molecule has 3 N–H and O–H groups in total. The molecule has 2 aromatic carbocycles. The molecule has 114 valence electrons. The minimum absolute atomic E-state index is 0.249. The van der Waals surface area contributed by atoms with Crippen molar-refractivity contribution in [3.63, 3.8) is 0 Å². The molecule has 0 heterocycles. The Kier molecular flexibility index (Phi) is 5.25. The van der Waals surface area contributed by atoms with Crippen molar-refractivity contribution in [2.24, 2.45) is 5.73 Å². The van der Waals surface area contributed by atoms with Gasteiger partial charge in [0.15, 0.2) is 6.61 Å². The van der Waals surface area contributed by atoms with Crippen LogP contribution in [0.3, 0.4) is 0 Å². The molecule has 7 heteroatoms. The summed E-state index contributed by atoms with van der Waals surface area (Å²) < 4.78 is 5.31. The molecule has 0 atom stereocenters. The number of benzene rings is 2. The monoisotopic (exact) mass is 338 g/mol. The van der Waals surface area contributed by atoms with Gasteiger partial charge < -0.3 is 15.8 Å². The van der Waals surface area contributed by atoms with E-state index >= 15 is 0 Å². The molecule has 5 nitrogen and oxygen atoms in total. The minimum Gasteiger partial charge on any atom is -0.482 e. The van der Waals surface area contributed by atoms with Gasteiger partial charge in [0.05, 0.1) is 5.02 Å². The quantitative estimate of drug-likeness (QED) is 0.878. The number of carbonyl (C=O) groups is 2. The first kappa shape index (κ1) is 16.1. The van der Waals surface area contributed by atoms with Crippen molar-refractivity contribution in [2.75, 3.05) is 11.9 Å². The molecule has 0 aromatic heterocycles. The van der Waals surface area contributed by atoms with E-state index in [2.05, 4.69) is 5.32 Å². The van der Waals surface area contributed by atoms with E-state index in [0.717, 1.165) is 0 Å². The molecule has 2 aromatic rings. The third-order valence-corrected chi connectivity index (χ3v) is 3.23. The van der Waals surface area contributed by atoms with Gasteiger partial charge in [-0.05, 0) is 30.3 Å². The van der Waals surface area contributed by atoms with Crippen LogP contribution < -0.4 is 15.8 Å². The van der Waals surface area contributed by atoms with Gasteiger partial charge in [-0.3, -0.25) is 9.59 Å². The normalized spacial score (nSPS) is 10.1. The number of halogens is 2. The summed E-state index contributed by atoms with van der Waals surface area (Å²) in [5.74, 6) is -0.661. The molecule has 0 saturated heterocycles. The highest BCUT2D eigenvalue weighted by molar-refractivity contribution is 6.34. The fourth-order valence-corrected chi connectivity index (χ4v) is 2.01. The maximum atomic E-state index is 11.8. The van der Waals surface area contributed by atoms with Gasteiger partial charge in [0.25, 0.3) is 5.91 Å². The van der Waals surface area contributed by atoms with E-state index in [-0.39, 0.29) is 6.61 Å². The van der Waals surface area contributed by atoms with Crippen molar-refractivity contribution in [1.29, 1.82) is 0 Å². The number of hydrogen-bond donors (Lipinski definition) is 2. The van der Waals surface area contributed by atoms with Gasteiger partial charge in [-0.2, -0.15) is 0 Å². The number of nitrogens with two attached hydrogens (primary N) is 1. The standard InChI is InChI=1S/C15H12Cl2N2O3/c16-10-4-5-12(17)13(7-10)22-8-14(20)19-11-3-1-2-9(6-11)15(18)21/h1-7H,8H2,(H2,18,21)(H,19,20). The van der Waals surface area contributed by atoms with Crippen LogP contribution in [0.1, 0.15) is 10.4 Å². The first-order valence-corrected chi connectivity index (χ1v) is 6.99. The van der Waals surface area contributed by atoms with Crippen LogP contribution in [0.5, 0.6) is 5.75 Å². The van der Waals surface area contributed by atoms with E-state index in [0.29, 0.717) is 27.0 Å². The summed E-state index contributed by atoms with van der Waals surface area (Å²) in [5, 5.41) is 3.40. The number of anilines is 1. The van der Waals surface area contributed by atoms with Crippen molar-refractivity contribution in [1.82, 2.24) is 0 Å². The van der Waals surface area contributed by atoms with E-state index in [1.807, 2.05) is 0 Å². The number of carbonyl (C=O) groups excluding carboxylic acids is 2. The number of nitrogens with one attached hydrogen (secondary N) is 1. The highest BCUT2D eigenvalue weighted by Gasteiger charge is 2.08. The summed E-state index contributed by atoms with van der Waals surface area (Å²) in [5.41, 5.74) is 5.92. The van der Waals surface area contributed by atoms with E-state index in [4.69, 9.17) is 33.7 Å². The van der Waals surface area contributed by atoms with Crippen LogP contribution in [0.4, 0.5) is 5.69 Å². The predicted octanol–water partition coefficient (Wildman–Crippen LogP) is 3.11. The van der Waals surface area contributed by atoms with Crippen LogP contribution in [-0.2, 0) is 4.79 Å². The molecule has 0 radical (unpaired) electrons. The van der Waals surface area contributed by atoms with Crippen molar-refractivity contribution in [3.05, 3.63) is 58.1 Å². The lowest BCUT2D eigenvalue weighted by Crippen LogP contribution is -2.20. The maximum Gasteiger partial charge on any atom is 0.262 e. The SMILES string of the molecule is NC(=O)c1cccc(NC(=O)COc2cc(Cl)ccc2Cl)c1. The first-order chi connectivity index (χ1) is 10.5. The highest BCUT2D eigenvalue weighted by atomic mass is 35.5. The molecule has 2 amide bonds. The fourth-order valence-electron chi connectivity index (χ4n) is 1.68. The number of ether oxygens (including phenoxy) is 1. The van der Waals surface area contributed by atoms with Crippen LogP contribution >= 0.6 is 23.2 Å². The Morgan fingerprint density at radius 2 is 1.91 bits per heavy atom. The molecule has 0 bridgehead atoms. The Hall–Kier alpha value is -2.24. The highest BCUT2D eigenvalue weighted by Crippen LogP contribution is 2.27. The summed E-state index contributed by atoms with van der Waals surface area (Å²) >= 11 is 11.8. The molecule has 0 aliphatic heterocycles. The Bertz CT molecular complexity index is 720. The molecule has 0 fully saturated rings. The molecule has 0 unspecified atom stereocenters. The first-order valence-electron chi connectivity index (χ1n) is 6.23. The average Bonchev–Trinajstić information content (AvgIpc) is 2.48. The molecular weight excluding hydrogens is 327 g/mol. The molecule has 0 spiro atoms. The summed E-state index contributed by atoms with van der Waals surface area (Å²) in [6, 6.07) is 11.0. The second-order valence-corrected chi connectivity index (χ2v) is 5.20. The van der Waals surface area contributed by atoms with E-state index in [9.17, 15) is 9.59 Å². The van der Waals surface area contributed by atoms with Gasteiger partial charge in [-0.15, -0.1) is 0 Å². The molecule has 0 aliphatic rings. The van der Waals surface area contributed by atoms with Crippen LogP contribution in [0.25, 0.3) is 0 Å². The Labute approximate surface area is 137 Å². The van der Waals surface area contributed by atoms with Gasteiger partial charge >= 0.3 is 0 Å². The zero-order valence-corrected chi connectivity index (χ0v) is 12.8. The van der Waals surface area contributed by atoms with E-state index < -0.39 is 11.8 Å². The van der Waals surface area contributed by atoms with Gasteiger partial charge in [0.2, 0.25) is 5.91 Å². The summed E-state index contributed by atoms with van der Waals surface area (Å²) in [4.78, 5) is 22.9. The fraction of sp³-hybridized carbons (Fsp3) is 0.0667. The molecule has 0 aliphatic carbocycles. The molecule has 0 saturated carbocycles. The number of amides is 2. The van der Waals surface area contributed by atoms with Crippen molar-refractivity contribution in [3.8, 4) is 5.75 Å². The van der Waals surface area contributed by atoms with Crippen molar-refractivity contribution >= 4 is 40.7 Å². The molecular formula is C15H12Cl2N2O3. The second kappa shape index (κ2) is 7.15. The van der Waals surface area contributed by atoms with Crippen molar-refractivity contribution in [2.45, 2.75) is 0 Å². The Morgan fingerprint density at radius 1 is 1.14 bits per heavy atom. The number of rotatable bonds is 5. The number of primary amides is 1. The van der Waals surface area contributed by atoms with Crippen LogP contribution in [-0.4, -0.2) is 18.4 Å². The summed E-state index contributed by atoms with van der Waals surface area (Å²) in [6.07, 6.45) is 0. The smallest absolute Gasteiger partial charge is 0.262 e. The largest absolute Gasteiger partial charge is 0.482 e. The Morgan fingerprint density at radius 3 is 2.64 bits per heavy atom. The van der Waals surface area contributed by atoms with E-state index in [1.54, 1.807) is 30.3 Å². The Balaban J connectivity index is 1.97. The second-order valence-electron chi connectivity index (χ2n) is 4.36. The average molecular weight is 339 g/mol. The lowest BCUT2D eigenvalue weighted by molar-refractivity contribution is -0.118. The van der Waals surface area contributed by atoms with Crippen molar-refractivity contribution < 1.29 is 14.3 Å². The third kappa shape index (κ3) is 4.38. The lowest BCUT2D eigenvalue weighted by atomic mass is 10.2. The topological polar surface area (TPSA) is 81.4 Å². The minimum atomic E-state index is -0.571. The molecule has 22 heavy (non-hydrogen) atoms. The summed E-state index contributed by atoms with van der Waals surface area (Å²) in [7, 11) is 0. The summed E-state index contributed by atoms with van der Waals surface area (Å²) in [6.45, 7) is -0.249. The lowest BCUT2D eigenvalue weighted by Gasteiger charge is -2.09. The van der Waals surface area contributed by atoms with E-state index in [1.165, 1.54) is 12.1 Å². The predicted molar refractivity (Wildman–Crippen MR) is 85.5 cm³/mol. The van der Waals surface area contributed by atoms with Gasteiger partial charge in [0.1, 0.15) is 5.75 Å². The maximum absolute atomic E-state index is 11.8. The third-order valence-electron chi connectivity index (χ3n) is 2.68. The van der Waals surface area contributed by atoms with Crippen LogP contribution in [0.15, 0.2) is 42.5 Å². The zero-order valence-electron chi connectivity index (χ0n) is 11.3. The zero-order chi connectivity index (χ0) is 16.1. The van der Waals surface area contributed by atoms with Crippen LogP contribution in [0, 0.1) is 0 Å². The number of hydrogen-bond acceptors (Lipinski definition) is 3. The molecule has 2 rings (SSSR count).